The molecule has 1 heterocycles. The van der Waals surface area contributed by atoms with Crippen LogP contribution in [-0.4, -0.2) is 14.2 Å². The van der Waals surface area contributed by atoms with Crippen LogP contribution in [-0.2, 0) is 0 Å². The van der Waals surface area contributed by atoms with E-state index in [0.29, 0.717) is 6.04 Å². The van der Waals surface area contributed by atoms with Crippen molar-refractivity contribution in [2.24, 2.45) is 0 Å². The predicted octanol–water partition coefficient (Wildman–Crippen LogP) is 3.37. The van der Waals surface area contributed by atoms with Gasteiger partial charge in [-0.3, -0.25) is 9.13 Å². The molecular weight excluding hydrogens is 240 g/mol. The maximum Gasteiger partial charge on any atom is 0.331 e. The average Bonchev–Trinajstić information content (AvgIpc) is 2.76. The average molecular weight is 264 g/mol. The standard InChI is InChI=1S/C15H24N2O2/c18-14-11-16(12-7-3-1-4-8-12)15(19)17(14)13-9-5-2-6-10-13/h11-13,18H,1-10H2. The fraction of sp³-hybridized carbons (Fsp3) is 0.800. The van der Waals surface area contributed by atoms with E-state index in [-0.39, 0.29) is 17.6 Å². The SMILES string of the molecule is O=c1n(C2CCCCC2)cc(O)n1C1CCCCC1. The summed E-state index contributed by atoms with van der Waals surface area (Å²) >= 11 is 0. The monoisotopic (exact) mass is 264 g/mol. The molecule has 2 aliphatic rings. The van der Waals surface area contributed by atoms with Gasteiger partial charge in [-0.2, -0.15) is 0 Å². The first-order chi connectivity index (χ1) is 9.27. The summed E-state index contributed by atoms with van der Waals surface area (Å²) < 4.78 is 3.44. The lowest BCUT2D eigenvalue weighted by Gasteiger charge is -2.24. The smallest absolute Gasteiger partial charge is 0.331 e. The number of imidazole rings is 1. The van der Waals surface area contributed by atoms with Crippen LogP contribution in [0.25, 0.3) is 0 Å². The first-order valence-electron chi connectivity index (χ1n) is 7.79. The molecule has 0 atom stereocenters. The maximum absolute atomic E-state index is 12.6. The number of hydrogen-bond acceptors (Lipinski definition) is 2. The Morgan fingerprint density at radius 2 is 1.42 bits per heavy atom. The molecule has 2 saturated carbocycles. The van der Waals surface area contributed by atoms with Crippen molar-refractivity contribution < 1.29 is 5.11 Å². The van der Waals surface area contributed by atoms with Crippen molar-refractivity contribution in [3.05, 3.63) is 16.7 Å². The zero-order chi connectivity index (χ0) is 13.2. The highest BCUT2D eigenvalue weighted by Crippen LogP contribution is 2.32. The fourth-order valence-electron chi connectivity index (χ4n) is 3.77. The summed E-state index contributed by atoms with van der Waals surface area (Å²) in [6.45, 7) is 0. The molecule has 1 aromatic heterocycles. The Hall–Kier alpha value is -1.19. The molecule has 0 aliphatic heterocycles. The van der Waals surface area contributed by atoms with Crippen LogP contribution in [0.3, 0.4) is 0 Å². The van der Waals surface area contributed by atoms with Crippen LogP contribution in [0, 0.1) is 0 Å². The lowest BCUT2D eigenvalue weighted by atomic mass is 9.95. The Morgan fingerprint density at radius 1 is 0.895 bits per heavy atom. The van der Waals surface area contributed by atoms with Gasteiger partial charge in [-0.25, -0.2) is 4.79 Å². The van der Waals surface area contributed by atoms with Crippen molar-refractivity contribution in [2.45, 2.75) is 76.3 Å². The summed E-state index contributed by atoms with van der Waals surface area (Å²) in [6, 6.07) is 0.517. The molecule has 1 N–H and O–H groups in total. The van der Waals surface area contributed by atoms with Crippen LogP contribution in [0.2, 0.25) is 0 Å². The largest absolute Gasteiger partial charge is 0.493 e. The molecule has 19 heavy (non-hydrogen) atoms. The van der Waals surface area contributed by atoms with Gasteiger partial charge in [0.15, 0.2) is 0 Å². The lowest BCUT2D eigenvalue weighted by Crippen LogP contribution is -2.31. The first-order valence-corrected chi connectivity index (χ1v) is 7.79. The van der Waals surface area contributed by atoms with E-state index in [2.05, 4.69) is 0 Å². The molecule has 0 bridgehead atoms. The Bertz CT molecular complexity index is 477. The Balaban J connectivity index is 1.88. The zero-order valence-electron chi connectivity index (χ0n) is 11.6. The van der Waals surface area contributed by atoms with Crippen LogP contribution < -0.4 is 5.69 Å². The molecule has 0 unspecified atom stereocenters. The molecule has 0 spiro atoms. The van der Waals surface area contributed by atoms with Crippen molar-refractivity contribution in [1.29, 1.82) is 0 Å². The Labute approximate surface area is 114 Å². The van der Waals surface area contributed by atoms with Gasteiger partial charge >= 0.3 is 5.69 Å². The van der Waals surface area contributed by atoms with Crippen molar-refractivity contribution >= 4 is 0 Å². The normalized spacial score (nSPS) is 22.7. The highest BCUT2D eigenvalue weighted by atomic mass is 16.3. The summed E-state index contributed by atoms with van der Waals surface area (Å²) in [5, 5.41) is 10.1. The third-order valence-electron chi connectivity index (χ3n) is 4.84. The van der Waals surface area contributed by atoms with Gasteiger partial charge in [0.2, 0.25) is 5.88 Å². The molecule has 1 aromatic rings. The van der Waals surface area contributed by atoms with Gasteiger partial charge in [-0.15, -0.1) is 0 Å². The lowest BCUT2D eigenvalue weighted by molar-refractivity contribution is 0.300. The molecule has 2 aliphatic carbocycles. The van der Waals surface area contributed by atoms with Gasteiger partial charge in [0, 0.05) is 12.1 Å². The topological polar surface area (TPSA) is 47.2 Å². The van der Waals surface area contributed by atoms with Gasteiger partial charge in [0.05, 0.1) is 6.20 Å². The molecule has 0 saturated heterocycles. The zero-order valence-corrected chi connectivity index (χ0v) is 11.6. The minimum absolute atomic E-state index is 0.0105. The number of nitrogens with zero attached hydrogens (tertiary/aromatic N) is 2. The highest BCUT2D eigenvalue weighted by molar-refractivity contribution is 5.09. The van der Waals surface area contributed by atoms with E-state index in [4.69, 9.17) is 0 Å². The van der Waals surface area contributed by atoms with Gasteiger partial charge in [-0.1, -0.05) is 38.5 Å². The van der Waals surface area contributed by atoms with Gasteiger partial charge in [0.25, 0.3) is 0 Å². The van der Waals surface area contributed by atoms with Crippen molar-refractivity contribution in [3.63, 3.8) is 0 Å². The summed E-state index contributed by atoms with van der Waals surface area (Å²) in [4.78, 5) is 12.6. The number of hydrogen-bond donors (Lipinski definition) is 1. The Kier molecular flexibility index (Phi) is 3.67. The minimum Gasteiger partial charge on any atom is -0.493 e. The second-order valence-electron chi connectivity index (χ2n) is 6.13. The minimum atomic E-state index is 0.0105. The molecule has 4 heteroatoms. The van der Waals surface area contributed by atoms with Crippen molar-refractivity contribution in [2.75, 3.05) is 0 Å². The first kappa shape index (κ1) is 12.8. The fourth-order valence-corrected chi connectivity index (χ4v) is 3.77. The Morgan fingerprint density at radius 3 is 2.00 bits per heavy atom. The quantitative estimate of drug-likeness (QED) is 0.890. The molecular formula is C15H24N2O2. The second kappa shape index (κ2) is 5.43. The molecule has 0 radical (unpaired) electrons. The molecule has 0 amide bonds. The summed E-state index contributed by atoms with van der Waals surface area (Å²) in [7, 11) is 0. The third kappa shape index (κ3) is 2.45. The van der Waals surface area contributed by atoms with Crippen LogP contribution >= 0.6 is 0 Å². The van der Waals surface area contributed by atoms with E-state index in [1.807, 2.05) is 0 Å². The van der Waals surface area contributed by atoms with Gasteiger partial charge in [-0.05, 0) is 25.7 Å². The van der Waals surface area contributed by atoms with Crippen LogP contribution in [0.1, 0.15) is 76.3 Å². The van der Waals surface area contributed by atoms with Crippen LogP contribution in [0.5, 0.6) is 5.88 Å². The van der Waals surface area contributed by atoms with E-state index in [1.54, 1.807) is 15.3 Å². The van der Waals surface area contributed by atoms with Gasteiger partial charge in [0.1, 0.15) is 0 Å². The highest BCUT2D eigenvalue weighted by Gasteiger charge is 2.25. The van der Waals surface area contributed by atoms with Crippen LogP contribution in [0.15, 0.2) is 11.0 Å². The van der Waals surface area contributed by atoms with E-state index in [1.165, 1.54) is 38.5 Å². The molecule has 2 fully saturated rings. The molecule has 4 nitrogen and oxygen atoms in total. The van der Waals surface area contributed by atoms with Crippen molar-refractivity contribution in [1.82, 2.24) is 9.13 Å². The van der Waals surface area contributed by atoms with Crippen molar-refractivity contribution in [3.8, 4) is 5.88 Å². The second-order valence-corrected chi connectivity index (χ2v) is 6.13. The third-order valence-corrected chi connectivity index (χ3v) is 4.84. The van der Waals surface area contributed by atoms with E-state index < -0.39 is 0 Å². The van der Waals surface area contributed by atoms with E-state index in [0.717, 1.165) is 25.7 Å². The number of aromatic nitrogens is 2. The summed E-state index contributed by atoms with van der Waals surface area (Å²) in [5.74, 6) is 0.169. The maximum atomic E-state index is 12.6. The summed E-state index contributed by atoms with van der Waals surface area (Å²) in [6.07, 6.45) is 13.2. The molecule has 3 rings (SSSR count). The predicted molar refractivity (Wildman–Crippen MR) is 74.6 cm³/mol. The summed E-state index contributed by atoms with van der Waals surface area (Å²) in [5.41, 5.74) is 0.0105. The van der Waals surface area contributed by atoms with Gasteiger partial charge < -0.3 is 5.11 Å². The number of rotatable bonds is 2. The molecule has 106 valence electrons. The van der Waals surface area contributed by atoms with Crippen LogP contribution in [0.4, 0.5) is 0 Å². The number of aromatic hydroxyl groups is 1. The molecule has 0 aromatic carbocycles. The van der Waals surface area contributed by atoms with E-state index in [9.17, 15) is 9.90 Å². The van der Waals surface area contributed by atoms with E-state index >= 15 is 0 Å².